The van der Waals surface area contributed by atoms with Crippen molar-refractivity contribution in [2.24, 2.45) is 5.10 Å². The Morgan fingerprint density at radius 1 is 1.24 bits per heavy atom. The Morgan fingerprint density at radius 3 is 2.56 bits per heavy atom. The van der Waals surface area contributed by atoms with Gasteiger partial charge in [-0.2, -0.15) is 5.10 Å². The van der Waals surface area contributed by atoms with Gasteiger partial charge in [0.15, 0.2) is 0 Å². The van der Waals surface area contributed by atoms with Crippen LogP contribution in [0.4, 0.5) is 8.92 Å². The van der Waals surface area contributed by atoms with Crippen molar-refractivity contribution in [3.63, 3.8) is 0 Å². The molecule has 5 nitrogen and oxygen atoms in total. The molecule has 2 aromatic carbocycles. The molecule has 25 heavy (non-hydrogen) atoms. The van der Waals surface area contributed by atoms with Gasteiger partial charge in [-0.3, -0.25) is 4.79 Å². The molecule has 8 heteroatoms. The first kappa shape index (κ1) is 18.5. The molecule has 0 N–H and O–H groups in total. The first-order valence-electron chi connectivity index (χ1n) is 7.04. The summed E-state index contributed by atoms with van der Waals surface area (Å²) in [6.45, 7) is 1.68. The van der Waals surface area contributed by atoms with Crippen molar-refractivity contribution in [3.8, 4) is 0 Å². The minimum absolute atomic E-state index is 0.0461. The molecule has 2 aromatic rings. The lowest BCUT2D eigenvalue weighted by Crippen LogP contribution is -2.22. The van der Waals surface area contributed by atoms with Crippen LogP contribution in [0.15, 0.2) is 41.5 Å². The van der Waals surface area contributed by atoms with E-state index in [1.165, 1.54) is 43.6 Å². The fraction of sp³-hybridized carbons (Fsp3) is 0.118. The minimum Gasteiger partial charge on any atom is -0.267 e. The third-order valence-corrected chi connectivity index (χ3v) is 3.64. The first-order chi connectivity index (χ1) is 11.8. The summed E-state index contributed by atoms with van der Waals surface area (Å²) < 4.78 is 25.7. The van der Waals surface area contributed by atoms with Crippen molar-refractivity contribution >= 4 is 29.7 Å². The van der Waals surface area contributed by atoms with E-state index in [1.807, 2.05) is 0 Å². The zero-order chi connectivity index (χ0) is 18.6. The highest BCUT2D eigenvalue weighted by Gasteiger charge is 2.16. The van der Waals surface area contributed by atoms with Crippen molar-refractivity contribution in [2.75, 3.05) is 7.05 Å². The molecule has 0 aliphatic heterocycles. The highest BCUT2D eigenvalue weighted by Crippen LogP contribution is 2.16. The zero-order valence-electron chi connectivity index (χ0n) is 13.3. The molecule has 0 saturated carbocycles. The molecule has 1 amide bonds. The fourth-order valence-electron chi connectivity index (χ4n) is 2.03. The second-order valence-corrected chi connectivity index (χ2v) is 5.57. The second kappa shape index (κ2) is 7.85. The summed E-state index contributed by atoms with van der Waals surface area (Å²) in [5.74, 6) is -2.50. The molecule has 0 aromatic heterocycles. The van der Waals surface area contributed by atoms with Gasteiger partial charge in [-0.15, -0.1) is 0 Å². The van der Waals surface area contributed by atoms with Gasteiger partial charge in [-0.25, -0.2) is 19.1 Å². The summed E-state index contributed by atoms with van der Waals surface area (Å²) in [5.41, 5.74) is 1.09. The van der Waals surface area contributed by atoms with Gasteiger partial charge in [0.25, 0.3) is 5.91 Å². The maximum atomic E-state index is 13.8. The number of hydrogen-bond donors (Lipinski definition) is 0. The van der Waals surface area contributed by atoms with Crippen molar-refractivity contribution in [1.29, 1.82) is 0 Å². The van der Waals surface area contributed by atoms with Crippen molar-refractivity contribution in [1.82, 2.24) is 5.01 Å². The molecule has 0 heterocycles. The van der Waals surface area contributed by atoms with Gasteiger partial charge in [0.05, 0.1) is 17.3 Å². The van der Waals surface area contributed by atoms with Crippen molar-refractivity contribution < 1.29 is 23.4 Å². The molecule has 0 atom stereocenters. The number of amides is 1. The summed E-state index contributed by atoms with van der Waals surface area (Å²) in [4.78, 5) is 26.5. The summed E-state index contributed by atoms with van der Waals surface area (Å²) in [6.07, 6.45) is 1.37. The summed E-state index contributed by atoms with van der Waals surface area (Å²) in [6, 6.07) is 8.02. The summed E-state index contributed by atoms with van der Waals surface area (Å²) in [5, 5.41) is 5.11. The van der Waals surface area contributed by atoms with Crippen LogP contribution in [0.2, 0.25) is 5.02 Å². The molecule has 0 radical (unpaired) electrons. The number of halogens is 3. The van der Waals surface area contributed by atoms with E-state index in [1.54, 1.807) is 6.92 Å². The zero-order valence-corrected chi connectivity index (χ0v) is 14.1. The van der Waals surface area contributed by atoms with E-state index < -0.39 is 17.7 Å². The van der Waals surface area contributed by atoms with Crippen LogP contribution in [0, 0.1) is 12.7 Å². The largest absolute Gasteiger partial charge is 0.379 e. The molecular weight excluding hydrogens is 354 g/mol. The molecule has 0 saturated heterocycles. The molecule has 0 fully saturated rings. The molecule has 0 unspecified atom stereocenters. The average Bonchev–Trinajstić information content (AvgIpc) is 2.59. The highest BCUT2D eigenvalue weighted by molar-refractivity contribution is 6.30. The van der Waals surface area contributed by atoms with Gasteiger partial charge in [0.2, 0.25) is 0 Å². The monoisotopic (exact) mass is 366 g/mol. The van der Waals surface area contributed by atoms with E-state index in [4.69, 9.17) is 11.6 Å². The average molecular weight is 367 g/mol. The van der Waals surface area contributed by atoms with Gasteiger partial charge < -0.3 is 0 Å². The molecule has 0 spiro atoms. The van der Waals surface area contributed by atoms with Crippen LogP contribution in [0.5, 0.6) is 0 Å². The lowest BCUT2D eigenvalue weighted by Gasteiger charge is -2.12. The molecule has 0 aliphatic carbocycles. The normalized spacial score (nSPS) is 10.8. The Bertz CT molecular complexity index is 856. The Kier molecular flexibility index (Phi) is 5.82. The summed E-state index contributed by atoms with van der Waals surface area (Å²) in [7, 11) is 1.37. The number of carbonyl (C=O) groups excluding carboxylic acids is 2. The fourth-order valence-corrected chi connectivity index (χ4v) is 2.19. The predicted octanol–water partition coefficient (Wildman–Crippen LogP) is 3.93. The van der Waals surface area contributed by atoms with Crippen LogP contribution in [0.1, 0.15) is 31.8 Å². The maximum Gasteiger partial charge on any atom is 0.379 e. The van der Waals surface area contributed by atoms with Gasteiger partial charge in [-0.1, -0.05) is 17.7 Å². The first-order valence-corrected chi connectivity index (χ1v) is 7.42. The number of carbonyl (C=O) groups is 2. The topological polar surface area (TPSA) is 59.0 Å². The molecule has 2 rings (SSSR count). The van der Waals surface area contributed by atoms with Crippen molar-refractivity contribution in [3.05, 3.63) is 69.5 Å². The quantitative estimate of drug-likeness (QED) is 0.608. The van der Waals surface area contributed by atoms with Gasteiger partial charge >= 0.3 is 5.97 Å². The predicted molar refractivity (Wildman–Crippen MR) is 88.8 cm³/mol. The van der Waals surface area contributed by atoms with Gasteiger partial charge in [0.1, 0.15) is 5.82 Å². The Balaban J connectivity index is 2.18. The van der Waals surface area contributed by atoms with Crippen LogP contribution in [-0.2, 0) is 4.94 Å². The number of hydrogen-bond acceptors (Lipinski definition) is 4. The number of aryl methyl sites for hydroxylation is 1. The summed E-state index contributed by atoms with van der Waals surface area (Å²) >= 11 is 5.65. The van der Waals surface area contributed by atoms with E-state index >= 15 is 0 Å². The maximum absolute atomic E-state index is 13.8. The van der Waals surface area contributed by atoms with Crippen LogP contribution >= 0.6 is 11.6 Å². The number of hydrazone groups is 1. The SMILES string of the molecule is Cc1cc(C(=O)OF)ccc1/C=N/N(C)C(=O)c1ccc(Cl)cc1F. The molecule has 130 valence electrons. The van der Waals surface area contributed by atoms with Crippen LogP contribution in [0.3, 0.4) is 0 Å². The number of benzene rings is 2. The molecular formula is C17H13ClF2N2O3. The lowest BCUT2D eigenvalue weighted by atomic mass is 10.1. The van der Waals surface area contributed by atoms with Gasteiger partial charge in [0, 0.05) is 16.6 Å². The smallest absolute Gasteiger partial charge is 0.267 e. The van der Waals surface area contributed by atoms with Crippen LogP contribution < -0.4 is 0 Å². The third-order valence-electron chi connectivity index (χ3n) is 3.40. The van der Waals surface area contributed by atoms with Gasteiger partial charge in [-0.05, 0) is 48.4 Å². The Labute approximate surface area is 147 Å². The second-order valence-electron chi connectivity index (χ2n) is 5.13. The lowest BCUT2D eigenvalue weighted by molar-refractivity contribution is -0.0788. The Hall–Kier alpha value is -2.80. The van der Waals surface area contributed by atoms with E-state index in [0.29, 0.717) is 11.1 Å². The third kappa shape index (κ3) is 4.39. The van der Waals surface area contributed by atoms with E-state index in [-0.39, 0.29) is 16.1 Å². The number of rotatable bonds is 4. The molecule has 0 bridgehead atoms. The van der Waals surface area contributed by atoms with E-state index in [2.05, 4.69) is 10.0 Å². The number of nitrogens with zero attached hydrogens (tertiary/aromatic N) is 2. The Morgan fingerprint density at radius 2 is 1.96 bits per heavy atom. The molecule has 0 aliphatic rings. The van der Waals surface area contributed by atoms with Crippen molar-refractivity contribution in [2.45, 2.75) is 6.92 Å². The van der Waals surface area contributed by atoms with Crippen LogP contribution in [0.25, 0.3) is 0 Å². The standard InChI is InChI=1S/C17H13ClF2N2O3/c1-10-7-11(17(24)25-20)3-4-12(10)9-21-22(2)16(23)14-6-5-13(18)8-15(14)19/h3-9H,1-2H3/b21-9+. The van der Waals surface area contributed by atoms with Crippen LogP contribution in [-0.4, -0.2) is 30.1 Å². The van der Waals surface area contributed by atoms with E-state index in [9.17, 15) is 18.5 Å². The minimum atomic E-state index is -1.10. The highest BCUT2D eigenvalue weighted by atomic mass is 35.5. The van der Waals surface area contributed by atoms with E-state index in [0.717, 1.165) is 11.1 Å².